The maximum absolute atomic E-state index is 5.04. The van der Waals surface area contributed by atoms with Crippen LogP contribution in [0.15, 0.2) is 0 Å². The SMILES string of the molecule is CC1CCC(n2c(C3CC3)nc3c2CCNC3)C(C)C1. The van der Waals surface area contributed by atoms with Crippen molar-refractivity contribution in [2.24, 2.45) is 11.8 Å². The van der Waals surface area contributed by atoms with Gasteiger partial charge in [0.15, 0.2) is 0 Å². The highest BCUT2D eigenvalue weighted by atomic mass is 15.2. The molecule has 3 heteroatoms. The van der Waals surface area contributed by atoms with Crippen LogP contribution in [-0.2, 0) is 13.0 Å². The molecule has 0 radical (unpaired) electrons. The Hall–Kier alpha value is -0.830. The molecule has 3 nitrogen and oxygen atoms in total. The molecule has 1 aromatic rings. The van der Waals surface area contributed by atoms with Crippen LogP contribution in [0.25, 0.3) is 0 Å². The first-order valence-electron chi connectivity index (χ1n) is 8.54. The van der Waals surface area contributed by atoms with Gasteiger partial charge in [-0.1, -0.05) is 13.8 Å². The molecule has 0 amide bonds. The summed E-state index contributed by atoms with van der Waals surface area (Å²) in [6.07, 6.45) is 8.04. The highest BCUT2D eigenvalue weighted by Crippen LogP contribution is 2.45. The van der Waals surface area contributed by atoms with Crippen LogP contribution in [0, 0.1) is 11.8 Å². The number of hydrogen-bond acceptors (Lipinski definition) is 2. The summed E-state index contributed by atoms with van der Waals surface area (Å²) < 4.78 is 2.71. The first kappa shape index (κ1) is 12.9. The van der Waals surface area contributed by atoms with Gasteiger partial charge in [-0.3, -0.25) is 0 Å². The molecule has 2 aliphatic carbocycles. The number of fused-ring (bicyclic) bond motifs is 1. The van der Waals surface area contributed by atoms with Crippen LogP contribution in [0.4, 0.5) is 0 Å². The van der Waals surface area contributed by atoms with Crippen molar-refractivity contribution in [3.8, 4) is 0 Å². The van der Waals surface area contributed by atoms with Gasteiger partial charge >= 0.3 is 0 Å². The van der Waals surface area contributed by atoms with Crippen molar-refractivity contribution < 1.29 is 0 Å². The minimum atomic E-state index is 0.719. The molecule has 0 saturated heterocycles. The molecule has 1 aliphatic heterocycles. The molecule has 0 bridgehead atoms. The lowest BCUT2D eigenvalue weighted by Gasteiger charge is -2.36. The smallest absolute Gasteiger partial charge is 0.112 e. The van der Waals surface area contributed by atoms with E-state index in [2.05, 4.69) is 23.7 Å². The standard InChI is InChI=1S/C17H27N3/c1-11-3-6-15(12(2)9-11)20-16-7-8-18-10-14(16)19-17(20)13-4-5-13/h11-13,15,18H,3-10H2,1-2H3. The molecule has 3 aliphatic rings. The number of nitrogens with zero attached hydrogens (tertiary/aromatic N) is 2. The molecule has 110 valence electrons. The fraction of sp³-hybridized carbons (Fsp3) is 0.824. The van der Waals surface area contributed by atoms with Gasteiger partial charge in [0.05, 0.1) is 5.69 Å². The van der Waals surface area contributed by atoms with Crippen LogP contribution in [0.2, 0.25) is 0 Å². The summed E-state index contributed by atoms with van der Waals surface area (Å²) >= 11 is 0. The fourth-order valence-electron chi connectivity index (χ4n) is 4.39. The van der Waals surface area contributed by atoms with Crippen molar-refractivity contribution in [1.82, 2.24) is 14.9 Å². The van der Waals surface area contributed by atoms with Crippen LogP contribution in [0.1, 0.15) is 75.1 Å². The lowest BCUT2D eigenvalue weighted by atomic mass is 9.79. The summed E-state index contributed by atoms with van der Waals surface area (Å²) in [6.45, 7) is 6.99. The second kappa shape index (κ2) is 4.87. The first-order chi connectivity index (χ1) is 9.74. The third-order valence-electron chi connectivity index (χ3n) is 5.61. The first-order valence-corrected chi connectivity index (χ1v) is 8.54. The summed E-state index contributed by atoms with van der Waals surface area (Å²) in [7, 11) is 0. The maximum atomic E-state index is 5.04. The van der Waals surface area contributed by atoms with Crippen LogP contribution >= 0.6 is 0 Å². The van der Waals surface area contributed by atoms with E-state index in [4.69, 9.17) is 4.98 Å². The maximum Gasteiger partial charge on any atom is 0.112 e. The monoisotopic (exact) mass is 273 g/mol. The van der Waals surface area contributed by atoms with Crippen molar-refractivity contribution in [2.45, 2.75) is 70.9 Å². The Kier molecular flexibility index (Phi) is 3.13. The van der Waals surface area contributed by atoms with E-state index in [1.807, 2.05) is 0 Å². The second-order valence-electron chi connectivity index (χ2n) is 7.40. The molecule has 4 rings (SSSR count). The third-order valence-corrected chi connectivity index (χ3v) is 5.61. The van der Waals surface area contributed by atoms with Crippen molar-refractivity contribution in [3.05, 3.63) is 17.2 Å². The van der Waals surface area contributed by atoms with Gasteiger partial charge in [0.1, 0.15) is 5.82 Å². The van der Waals surface area contributed by atoms with Crippen LogP contribution in [0.3, 0.4) is 0 Å². The predicted molar refractivity (Wildman–Crippen MR) is 80.8 cm³/mol. The van der Waals surface area contributed by atoms with Crippen molar-refractivity contribution in [1.29, 1.82) is 0 Å². The van der Waals surface area contributed by atoms with Crippen LogP contribution in [0.5, 0.6) is 0 Å². The average molecular weight is 273 g/mol. The van der Waals surface area contributed by atoms with Gasteiger partial charge in [0.2, 0.25) is 0 Å². The third kappa shape index (κ3) is 2.11. The zero-order chi connectivity index (χ0) is 13.7. The van der Waals surface area contributed by atoms with E-state index in [9.17, 15) is 0 Å². The van der Waals surface area contributed by atoms with E-state index >= 15 is 0 Å². The molecule has 0 aromatic carbocycles. The molecule has 3 atom stereocenters. The highest BCUT2D eigenvalue weighted by Gasteiger charge is 2.36. The van der Waals surface area contributed by atoms with E-state index < -0.39 is 0 Å². The van der Waals surface area contributed by atoms with Crippen LogP contribution in [-0.4, -0.2) is 16.1 Å². The number of hydrogen-bond donors (Lipinski definition) is 1. The minimum Gasteiger partial charge on any atom is -0.328 e. The Morgan fingerprint density at radius 2 is 2.00 bits per heavy atom. The Morgan fingerprint density at radius 3 is 2.75 bits per heavy atom. The zero-order valence-electron chi connectivity index (χ0n) is 12.9. The molecule has 2 heterocycles. The van der Waals surface area contributed by atoms with Gasteiger partial charge in [-0.15, -0.1) is 0 Å². The van der Waals surface area contributed by atoms with Crippen LogP contribution < -0.4 is 5.32 Å². The summed E-state index contributed by atoms with van der Waals surface area (Å²) in [6, 6.07) is 0.719. The number of imidazole rings is 1. The number of aromatic nitrogens is 2. The quantitative estimate of drug-likeness (QED) is 0.895. The zero-order valence-corrected chi connectivity index (χ0v) is 12.9. The number of nitrogens with one attached hydrogen (secondary N) is 1. The minimum absolute atomic E-state index is 0.719. The van der Waals surface area contributed by atoms with Gasteiger partial charge in [-0.25, -0.2) is 4.98 Å². The van der Waals surface area contributed by atoms with Gasteiger partial charge in [-0.2, -0.15) is 0 Å². The van der Waals surface area contributed by atoms with Gasteiger partial charge in [-0.05, 0) is 43.9 Å². The largest absolute Gasteiger partial charge is 0.328 e. The molecule has 2 fully saturated rings. The summed E-state index contributed by atoms with van der Waals surface area (Å²) in [5.74, 6) is 3.92. The second-order valence-corrected chi connectivity index (χ2v) is 7.40. The molecule has 2 saturated carbocycles. The normalized spacial score (nSPS) is 34.0. The molecule has 1 aromatic heterocycles. The Balaban J connectivity index is 1.73. The van der Waals surface area contributed by atoms with E-state index in [-0.39, 0.29) is 0 Å². The predicted octanol–water partition coefficient (Wildman–Crippen LogP) is 3.40. The topological polar surface area (TPSA) is 29.9 Å². The molecule has 1 N–H and O–H groups in total. The summed E-state index contributed by atoms with van der Waals surface area (Å²) in [5.41, 5.74) is 2.92. The molecular weight excluding hydrogens is 246 g/mol. The molecule has 3 unspecified atom stereocenters. The van der Waals surface area contributed by atoms with E-state index in [1.54, 1.807) is 5.69 Å². The molecule has 0 spiro atoms. The van der Waals surface area contributed by atoms with E-state index in [1.165, 1.54) is 50.0 Å². The van der Waals surface area contributed by atoms with Gasteiger partial charge in [0, 0.05) is 37.2 Å². The summed E-state index contributed by atoms with van der Waals surface area (Å²) in [4.78, 5) is 5.04. The van der Waals surface area contributed by atoms with Gasteiger partial charge in [0.25, 0.3) is 0 Å². The Bertz CT molecular complexity index is 501. The number of rotatable bonds is 2. The van der Waals surface area contributed by atoms with E-state index in [0.29, 0.717) is 0 Å². The van der Waals surface area contributed by atoms with E-state index in [0.717, 1.165) is 36.9 Å². The average Bonchev–Trinajstić information content (AvgIpc) is 3.21. The Labute approximate surface area is 122 Å². The van der Waals surface area contributed by atoms with Gasteiger partial charge < -0.3 is 9.88 Å². The molecular formula is C17H27N3. The van der Waals surface area contributed by atoms with Crippen molar-refractivity contribution >= 4 is 0 Å². The highest BCUT2D eigenvalue weighted by molar-refractivity contribution is 5.25. The van der Waals surface area contributed by atoms with Crippen molar-refractivity contribution in [2.75, 3.05) is 6.54 Å². The lowest BCUT2D eigenvalue weighted by molar-refractivity contribution is 0.200. The summed E-state index contributed by atoms with van der Waals surface area (Å²) in [5, 5.41) is 3.49. The lowest BCUT2D eigenvalue weighted by Crippen LogP contribution is -2.30. The fourth-order valence-corrected chi connectivity index (χ4v) is 4.39. The van der Waals surface area contributed by atoms with Crippen molar-refractivity contribution in [3.63, 3.8) is 0 Å². The molecule has 20 heavy (non-hydrogen) atoms. The Morgan fingerprint density at radius 1 is 1.15 bits per heavy atom.